The molecule has 10 nitrogen and oxygen atoms in total. The van der Waals surface area contributed by atoms with Crippen LogP contribution in [0, 0.1) is 0 Å². The van der Waals surface area contributed by atoms with Crippen molar-refractivity contribution in [1.82, 2.24) is 15.2 Å². The van der Waals surface area contributed by atoms with Crippen molar-refractivity contribution in [3.05, 3.63) is 76.6 Å². The molecule has 1 fully saturated rings. The molecule has 4 aromatic rings. The lowest BCUT2D eigenvalue weighted by atomic mass is 10.0. The molecule has 1 N–H and O–H groups in total. The summed E-state index contributed by atoms with van der Waals surface area (Å²) in [6.07, 6.45) is 3.53. The molecule has 1 saturated heterocycles. The highest BCUT2D eigenvalue weighted by molar-refractivity contribution is 6.02. The fraction of sp³-hybridized carbons (Fsp3) is 0.344. The first-order valence-electron chi connectivity index (χ1n) is 14.1. The molecular weight excluding hydrogens is 536 g/mol. The number of benzene rings is 2. The second-order valence-corrected chi connectivity index (χ2v) is 10.0. The Morgan fingerprint density at radius 1 is 0.929 bits per heavy atom. The minimum absolute atomic E-state index is 0.0615. The van der Waals surface area contributed by atoms with Gasteiger partial charge in [-0.25, -0.2) is 4.98 Å². The van der Waals surface area contributed by atoms with E-state index in [1.54, 1.807) is 36.4 Å². The van der Waals surface area contributed by atoms with Crippen molar-refractivity contribution >= 4 is 22.7 Å². The first kappa shape index (κ1) is 28.9. The van der Waals surface area contributed by atoms with Gasteiger partial charge in [-0.15, -0.1) is 0 Å². The Kier molecular flexibility index (Phi) is 9.23. The van der Waals surface area contributed by atoms with Crippen LogP contribution in [0.25, 0.3) is 22.3 Å². The quantitative estimate of drug-likeness (QED) is 0.265. The van der Waals surface area contributed by atoms with E-state index in [0.29, 0.717) is 40.3 Å². The number of carbonyl (C=O) groups is 1. The molecule has 0 aliphatic carbocycles. The molecule has 0 atom stereocenters. The number of hydrogen-bond donors (Lipinski definition) is 1. The second kappa shape index (κ2) is 13.4. The average molecular weight is 573 g/mol. The number of anilines is 1. The van der Waals surface area contributed by atoms with Gasteiger partial charge in [-0.3, -0.25) is 14.5 Å². The molecule has 2 aromatic heterocycles. The van der Waals surface area contributed by atoms with Crippen molar-refractivity contribution in [2.24, 2.45) is 0 Å². The minimum Gasteiger partial charge on any atom is -0.493 e. The number of para-hydroxylation sites is 1. The molecule has 1 aliphatic heterocycles. The van der Waals surface area contributed by atoms with Crippen LogP contribution < -0.4 is 29.9 Å². The number of ether oxygens (including phenoxy) is 3. The lowest BCUT2D eigenvalue weighted by molar-refractivity contribution is 0.0950. The fourth-order valence-electron chi connectivity index (χ4n) is 5.26. The average Bonchev–Trinajstić information content (AvgIpc) is 3.04. The van der Waals surface area contributed by atoms with Crippen LogP contribution in [0.2, 0.25) is 0 Å². The van der Waals surface area contributed by atoms with Crippen LogP contribution in [-0.4, -0.2) is 76.4 Å². The number of methoxy groups -OCH3 is 3. The Morgan fingerprint density at radius 3 is 2.31 bits per heavy atom. The fourth-order valence-corrected chi connectivity index (χ4v) is 5.26. The van der Waals surface area contributed by atoms with E-state index >= 15 is 0 Å². The standard InChI is InChI=1S/C32H36N4O6/c1-39-25-20-22(21-26(40-2)31(25)41-3)30-28(29(37)23-10-4-5-11-24(23)42-30)32(38)34-14-8-9-15-35-16-18-36(19-17-35)27-12-6-7-13-33-27/h4-7,10-13,20-21H,8-9,14-19H2,1-3H3,(H,34,38). The first-order valence-corrected chi connectivity index (χ1v) is 14.1. The number of pyridine rings is 1. The summed E-state index contributed by atoms with van der Waals surface area (Å²) in [5, 5.41) is 3.28. The van der Waals surface area contributed by atoms with E-state index in [4.69, 9.17) is 18.6 Å². The number of hydrogen-bond acceptors (Lipinski definition) is 9. The number of piperazine rings is 1. The number of carbonyl (C=O) groups excluding carboxylic acids is 1. The Balaban J connectivity index is 1.27. The van der Waals surface area contributed by atoms with Crippen LogP contribution in [0.4, 0.5) is 5.82 Å². The number of nitrogens with one attached hydrogen (secondary N) is 1. The molecule has 0 spiro atoms. The number of amides is 1. The zero-order valence-corrected chi connectivity index (χ0v) is 24.2. The van der Waals surface area contributed by atoms with Gasteiger partial charge in [0.25, 0.3) is 5.91 Å². The molecule has 0 unspecified atom stereocenters. The van der Waals surface area contributed by atoms with Crippen molar-refractivity contribution in [2.75, 3.05) is 65.5 Å². The maximum Gasteiger partial charge on any atom is 0.259 e. The summed E-state index contributed by atoms with van der Waals surface area (Å²) < 4.78 is 22.6. The van der Waals surface area contributed by atoms with Crippen LogP contribution in [0.3, 0.4) is 0 Å². The van der Waals surface area contributed by atoms with Gasteiger partial charge in [0.1, 0.15) is 17.0 Å². The van der Waals surface area contributed by atoms with Gasteiger partial charge < -0.3 is 28.8 Å². The van der Waals surface area contributed by atoms with Gasteiger partial charge in [0, 0.05) is 44.5 Å². The molecule has 42 heavy (non-hydrogen) atoms. The molecule has 1 amide bonds. The third-order valence-electron chi connectivity index (χ3n) is 7.48. The molecule has 220 valence electrons. The summed E-state index contributed by atoms with van der Waals surface area (Å²) in [6, 6.07) is 16.2. The molecular formula is C32H36N4O6. The van der Waals surface area contributed by atoms with Crippen molar-refractivity contribution in [2.45, 2.75) is 12.8 Å². The molecule has 0 bridgehead atoms. The van der Waals surface area contributed by atoms with Gasteiger partial charge in [-0.05, 0) is 55.8 Å². The molecule has 2 aromatic carbocycles. The predicted molar refractivity (Wildman–Crippen MR) is 162 cm³/mol. The van der Waals surface area contributed by atoms with Gasteiger partial charge in [0.2, 0.25) is 11.2 Å². The van der Waals surface area contributed by atoms with E-state index in [2.05, 4.69) is 20.1 Å². The minimum atomic E-state index is -0.484. The number of fused-ring (bicyclic) bond motifs is 1. The Morgan fingerprint density at radius 2 is 1.64 bits per heavy atom. The van der Waals surface area contributed by atoms with E-state index in [9.17, 15) is 9.59 Å². The van der Waals surface area contributed by atoms with E-state index in [1.807, 2.05) is 24.4 Å². The second-order valence-electron chi connectivity index (χ2n) is 10.0. The van der Waals surface area contributed by atoms with Gasteiger partial charge in [-0.2, -0.15) is 0 Å². The Labute approximate surface area is 244 Å². The largest absolute Gasteiger partial charge is 0.493 e. The topological polar surface area (TPSA) is 106 Å². The highest BCUT2D eigenvalue weighted by atomic mass is 16.5. The number of unbranched alkanes of at least 4 members (excludes halogenated alkanes) is 1. The van der Waals surface area contributed by atoms with Crippen LogP contribution in [0.15, 0.2) is 70.0 Å². The van der Waals surface area contributed by atoms with Crippen molar-refractivity contribution in [3.63, 3.8) is 0 Å². The number of nitrogens with zero attached hydrogens (tertiary/aromatic N) is 3. The zero-order valence-electron chi connectivity index (χ0n) is 24.2. The Bertz CT molecular complexity index is 1560. The molecule has 0 saturated carbocycles. The summed E-state index contributed by atoms with van der Waals surface area (Å²) in [4.78, 5) is 36.3. The van der Waals surface area contributed by atoms with Crippen LogP contribution in [0.5, 0.6) is 17.2 Å². The van der Waals surface area contributed by atoms with E-state index < -0.39 is 11.3 Å². The summed E-state index contributed by atoms with van der Waals surface area (Å²) in [6.45, 7) is 5.21. The highest BCUT2D eigenvalue weighted by Crippen LogP contribution is 2.42. The maximum atomic E-state index is 13.6. The van der Waals surface area contributed by atoms with Gasteiger partial charge in [-0.1, -0.05) is 18.2 Å². The van der Waals surface area contributed by atoms with Gasteiger partial charge in [0.05, 0.1) is 26.7 Å². The van der Waals surface area contributed by atoms with E-state index in [-0.39, 0.29) is 11.3 Å². The lowest BCUT2D eigenvalue weighted by Crippen LogP contribution is -2.47. The van der Waals surface area contributed by atoms with Gasteiger partial charge in [0.15, 0.2) is 17.3 Å². The summed E-state index contributed by atoms with van der Waals surface area (Å²) in [7, 11) is 4.52. The molecule has 10 heteroatoms. The SMILES string of the molecule is COc1cc(-c2oc3ccccc3c(=O)c2C(=O)NCCCCN2CCN(c3ccccn3)CC2)cc(OC)c1OC. The summed E-state index contributed by atoms with van der Waals surface area (Å²) >= 11 is 0. The van der Waals surface area contributed by atoms with Crippen LogP contribution in [-0.2, 0) is 0 Å². The number of aromatic nitrogens is 1. The van der Waals surface area contributed by atoms with Crippen LogP contribution in [0.1, 0.15) is 23.2 Å². The van der Waals surface area contributed by atoms with E-state index in [0.717, 1.165) is 51.4 Å². The third-order valence-corrected chi connectivity index (χ3v) is 7.48. The third kappa shape index (κ3) is 6.18. The molecule has 5 rings (SSSR count). The Hall–Kier alpha value is -4.57. The lowest BCUT2D eigenvalue weighted by Gasteiger charge is -2.35. The summed E-state index contributed by atoms with van der Waals surface area (Å²) in [5.41, 5.74) is 0.380. The molecule has 3 heterocycles. The molecule has 0 radical (unpaired) electrons. The predicted octanol–water partition coefficient (Wildman–Crippen LogP) is 4.21. The van der Waals surface area contributed by atoms with Gasteiger partial charge >= 0.3 is 0 Å². The van der Waals surface area contributed by atoms with Crippen molar-refractivity contribution in [1.29, 1.82) is 0 Å². The first-order chi connectivity index (χ1) is 20.5. The maximum absolute atomic E-state index is 13.6. The smallest absolute Gasteiger partial charge is 0.259 e. The van der Waals surface area contributed by atoms with E-state index in [1.165, 1.54) is 21.3 Å². The zero-order chi connectivity index (χ0) is 29.5. The molecule has 1 aliphatic rings. The monoisotopic (exact) mass is 572 g/mol. The van der Waals surface area contributed by atoms with Crippen molar-refractivity contribution in [3.8, 4) is 28.6 Å². The normalized spacial score (nSPS) is 13.6. The highest BCUT2D eigenvalue weighted by Gasteiger charge is 2.25. The van der Waals surface area contributed by atoms with Crippen molar-refractivity contribution < 1.29 is 23.4 Å². The summed E-state index contributed by atoms with van der Waals surface area (Å²) in [5.74, 6) is 1.84. The number of rotatable bonds is 11. The van der Waals surface area contributed by atoms with Crippen LogP contribution >= 0.6 is 0 Å².